The molecule has 0 saturated heterocycles. The van der Waals surface area contributed by atoms with Gasteiger partial charge in [0.15, 0.2) is 0 Å². The summed E-state index contributed by atoms with van der Waals surface area (Å²) in [5.41, 5.74) is 8.79. The molecule has 7 heteroatoms. The fraction of sp³-hybridized carbons (Fsp3) is 0.760. The number of hydrogen-bond acceptors (Lipinski definition) is 5. The Morgan fingerprint density at radius 2 is 2.12 bits per heavy atom. The van der Waals surface area contributed by atoms with E-state index in [1.54, 1.807) is 0 Å². The lowest BCUT2D eigenvalue weighted by molar-refractivity contribution is -0.00141. The second kappa shape index (κ2) is 12.3. The number of aliphatic hydroxyl groups is 2. The molecule has 1 aliphatic carbocycles. The summed E-state index contributed by atoms with van der Waals surface area (Å²) in [5.74, 6) is 2.41. The van der Waals surface area contributed by atoms with E-state index < -0.39 is 5.60 Å². The highest BCUT2D eigenvalue weighted by Gasteiger charge is 2.30. The van der Waals surface area contributed by atoms with Gasteiger partial charge >= 0.3 is 0 Å². The van der Waals surface area contributed by atoms with Crippen LogP contribution in [0.5, 0.6) is 0 Å². The SMILES string of the molecule is CNNCC(C)(C)CO.[B]C1=C(CC(C)CCC2CCCC(C)(O)C2)c2cc[nH]c2NC1. The highest BCUT2D eigenvalue weighted by Crippen LogP contribution is 2.38. The number of aliphatic hydroxyl groups excluding tert-OH is 1. The first kappa shape index (κ1) is 27.0. The number of rotatable bonds is 9. The summed E-state index contributed by atoms with van der Waals surface area (Å²) in [6, 6.07) is 2.12. The largest absolute Gasteiger partial charge is 0.396 e. The number of aromatic amines is 1. The van der Waals surface area contributed by atoms with Gasteiger partial charge in [0.1, 0.15) is 13.7 Å². The third-order valence-corrected chi connectivity index (χ3v) is 6.76. The summed E-state index contributed by atoms with van der Waals surface area (Å²) in [6.45, 7) is 10.0. The Labute approximate surface area is 196 Å². The van der Waals surface area contributed by atoms with Gasteiger partial charge in [-0.3, -0.25) is 10.9 Å². The minimum Gasteiger partial charge on any atom is -0.396 e. The molecular formula is C25H45BN4O2. The molecule has 32 heavy (non-hydrogen) atoms. The predicted molar refractivity (Wildman–Crippen MR) is 135 cm³/mol. The molecule has 0 aromatic carbocycles. The summed E-state index contributed by atoms with van der Waals surface area (Å²) in [6.07, 6.45) is 9.84. The standard InChI is InChI=1S/C19H29BN2O.C6H16N2O/c1-13(5-6-14-4-3-8-19(2,23)11-14)10-16-15-7-9-21-18(15)22-12-17(16)20;1-6(2,5-9)4-8-7-3/h7,9,13-14,21-23H,3-6,8,10-12H2,1-2H3;7-9H,4-5H2,1-3H3. The molecule has 0 amide bonds. The number of allylic oxidation sites excluding steroid dienone is 1. The molecule has 6 N–H and O–H groups in total. The van der Waals surface area contributed by atoms with Gasteiger partial charge in [-0.05, 0) is 56.7 Å². The van der Waals surface area contributed by atoms with Gasteiger partial charge in [0.2, 0.25) is 0 Å². The molecule has 3 atom stereocenters. The van der Waals surface area contributed by atoms with Gasteiger partial charge in [-0.15, -0.1) is 0 Å². The van der Waals surface area contributed by atoms with E-state index in [1.165, 1.54) is 36.8 Å². The van der Waals surface area contributed by atoms with Crippen molar-refractivity contribution in [2.75, 3.05) is 32.1 Å². The highest BCUT2D eigenvalue weighted by molar-refractivity contribution is 6.26. The number of hydrazine groups is 1. The minimum atomic E-state index is -0.436. The van der Waals surface area contributed by atoms with Crippen LogP contribution in [-0.2, 0) is 0 Å². The summed E-state index contributed by atoms with van der Waals surface area (Å²) in [7, 11) is 8.06. The van der Waals surface area contributed by atoms with Crippen LogP contribution in [0.15, 0.2) is 17.7 Å². The molecule has 2 radical (unpaired) electrons. The molecule has 1 saturated carbocycles. The highest BCUT2D eigenvalue weighted by atomic mass is 16.3. The zero-order valence-electron chi connectivity index (χ0n) is 20.9. The smallest absolute Gasteiger partial charge is 0.111 e. The molecular weight excluding hydrogens is 399 g/mol. The maximum atomic E-state index is 10.3. The molecule has 3 unspecified atom stereocenters. The first-order valence-electron chi connectivity index (χ1n) is 12.2. The van der Waals surface area contributed by atoms with Gasteiger partial charge in [0, 0.05) is 36.9 Å². The average Bonchev–Trinajstić information content (AvgIpc) is 3.22. The van der Waals surface area contributed by atoms with Crippen molar-refractivity contribution in [2.24, 2.45) is 17.3 Å². The lowest BCUT2D eigenvalue weighted by Crippen LogP contribution is -2.38. The van der Waals surface area contributed by atoms with Gasteiger partial charge < -0.3 is 20.5 Å². The topological polar surface area (TPSA) is 92.3 Å². The second-order valence-corrected chi connectivity index (χ2v) is 10.9. The summed E-state index contributed by atoms with van der Waals surface area (Å²) < 4.78 is 0. The van der Waals surface area contributed by atoms with E-state index in [0.717, 1.165) is 43.6 Å². The monoisotopic (exact) mass is 444 g/mol. The number of aromatic nitrogens is 1. The number of anilines is 1. The van der Waals surface area contributed by atoms with Crippen molar-refractivity contribution in [1.29, 1.82) is 0 Å². The second-order valence-electron chi connectivity index (χ2n) is 10.9. The van der Waals surface area contributed by atoms with Crippen LogP contribution in [0.25, 0.3) is 5.57 Å². The van der Waals surface area contributed by atoms with Gasteiger partial charge in [-0.2, -0.15) is 0 Å². The van der Waals surface area contributed by atoms with E-state index in [9.17, 15) is 5.11 Å². The number of nitrogens with one attached hydrogen (secondary N) is 4. The molecule has 6 nitrogen and oxygen atoms in total. The molecule has 1 aliphatic heterocycles. The van der Waals surface area contributed by atoms with Crippen LogP contribution in [-0.4, -0.2) is 55.4 Å². The predicted octanol–water partition coefficient (Wildman–Crippen LogP) is 3.80. The lowest BCUT2D eigenvalue weighted by atomic mass is 9.75. The molecule has 0 bridgehead atoms. The van der Waals surface area contributed by atoms with Crippen LogP contribution in [0, 0.1) is 17.3 Å². The van der Waals surface area contributed by atoms with Crippen molar-refractivity contribution >= 4 is 19.2 Å². The molecule has 1 aromatic heterocycles. The van der Waals surface area contributed by atoms with Crippen molar-refractivity contribution in [1.82, 2.24) is 15.8 Å². The zero-order chi connectivity index (χ0) is 23.8. The van der Waals surface area contributed by atoms with Gasteiger partial charge in [0.25, 0.3) is 0 Å². The Balaban J connectivity index is 0.000000344. The fourth-order valence-corrected chi connectivity index (χ4v) is 4.67. The van der Waals surface area contributed by atoms with E-state index in [-0.39, 0.29) is 12.0 Å². The Kier molecular flexibility index (Phi) is 10.3. The molecule has 180 valence electrons. The molecule has 1 fully saturated rings. The minimum absolute atomic E-state index is 0.0248. The van der Waals surface area contributed by atoms with Gasteiger partial charge in [-0.25, -0.2) is 0 Å². The molecule has 2 aliphatic rings. The van der Waals surface area contributed by atoms with Crippen molar-refractivity contribution in [3.8, 4) is 0 Å². The van der Waals surface area contributed by atoms with Crippen LogP contribution in [0.4, 0.5) is 5.82 Å². The summed E-state index contributed by atoms with van der Waals surface area (Å²) in [5, 5.41) is 22.3. The quantitative estimate of drug-likeness (QED) is 0.258. The van der Waals surface area contributed by atoms with E-state index >= 15 is 0 Å². The van der Waals surface area contributed by atoms with Crippen molar-refractivity contribution in [3.05, 3.63) is 23.3 Å². The Morgan fingerprint density at radius 1 is 1.38 bits per heavy atom. The summed E-state index contributed by atoms with van der Waals surface area (Å²) >= 11 is 0. The number of fused-ring (bicyclic) bond motifs is 1. The normalized spacial score (nSPS) is 24.3. The maximum absolute atomic E-state index is 10.3. The molecule has 0 spiro atoms. The third kappa shape index (κ3) is 8.58. The summed E-state index contributed by atoms with van der Waals surface area (Å²) in [4.78, 5) is 3.25. The van der Waals surface area contributed by atoms with E-state index in [1.807, 2.05) is 34.0 Å². The van der Waals surface area contributed by atoms with Crippen LogP contribution < -0.4 is 16.2 Å². The Morgan fingerprint density at radius 3 is 2.78 bits per heavy atom. The van der Waals surface area contributed by atoms with Gasteiger partial charge in [-0.1, -0.05) is 51.9 Å². The number of H-pyrrole nitrogens is 1. The van der Waals surface area contributed by atoms with E-state index in [4.69, 9.17) is 13.0 Å². The number of hydrogen-bond donors (Lipinski definition) is 6. The zero-order valence-corrected chi connectivity index (χ0v) is 20.9. The third-order valence-electron chi connectivity index (χ3n) is 6.76. The molecule has 3 rings (SSSR count). The van der Waals surface area contributed by atoms with E-state index in [2.05, 4.69) is 34.1 Å². The van der Waals surface area contributed by atoms with Crippen molar-refractivity contribution in [3.63, 3.8) is 0 Å². The van der Waals surface area contributed by atoms with Crippen LogP contribution in [0.3, 0.4) is 0 Å². The van der Waals surface area contributed by atoms with Crippen LogP contribution in [0.1, 0.15) is 78.2 Å². The van der Waals surface area contributed by atoms with Crippen LogP contribution >= 0.6 is 0 Å². The molecule has 1 aromatic rings. The van der Waals surface area contributed by atoms with Gasteiger partial charge in [0.05, 0.1) is 5.60 Å². The lowest BCUT2D eigenvalue weighted by Gasteiger charge is -2.34. The average molecular weight is 444 g/mol. The first-order valence-corrected chi connectivity index (χ1v) is 12.2. The molecule has 2 heterocycles. The Bertz CT molecular complexity index is 729. The van der Waals surface area contributed by atoms with Crippen molar-refractivity contribution < 1.29 is 10.2 Å². The first-order chi connectivity index (χ1) is 15.1. The Hall–Kier alpha value is -1.28. The maximum Gasteiger partial charge on any atom is 0.111 e. The fourth-order valence-electron chi connectivity index (χ4n) is 4.67. The van der Waals surface area contributed by atoms with Crippen LogP contribution in [0.2, 0.25) is 0 Å². The van der Waals surface area contributed by atoms with E-state index in [0.29, 0.717) is 11.8 Å². The van der Waals surface area contributed by atoms with Crippen molar-refractivity contribution in [2.45, 2.75) is 78.2 Å².